The number of aryl methyl sites for hydroxylation is 2. The van der Waals surface area contributed by atoms with Gasteiger partial charge in [-0.2, -0.15) is 0 Å². The molecule has 0 spiro atoms. The lowest BCUT2D eigenvalue weighted by Gasteiger charge is -2.25. The van der Waals surface area contributed by atoms with Crippen LogP contribution in [0.15, 0.2) is 0 Å². The van der Waals surface area contributed by atoms with Crippen LogP contribution in [0.3, 0.4) is 0 Å². The van der Waals surface area contributed by atoms with Crippen molar-refractivity contribution in [3.05, 3.63) is 32.8 Å². The number of rotatable bonds is 0. The second-order valence-corrected chi connectivity index (χ2v) is 13.3. The third-order valence-corrected chi connectivity index (χ3v) is 6.78. The number of nitrogens with zero attached hydrogens (tertiary/aromatic N) is 3. The number of hydrogen-bond acceptors (Lipinski definition) is 3. The molecule has 2 heterocycles. The molecule has 0 aliphatic rings. The Morgan fingerprint density at radius 2 is 1.14 bits per heavy atom. The molecule has 0 radical (unpaired) electrons. The lowest BCUT2D eigenvalue weighted by atomic mass is 9.91. The first-order valence-electron chi connectivity index (χ1n) is 10.7. The van der Waals surface area contributed by atoms with Crippen LogP contribution in [-0.2, 0) is 21.8 Å². The average Bonchev–Trinajstić information content (AvgIpc) is 2.97. The molecule has 0 aliphatic carbocycles. The summed E-state index contributed by atoms with van der Waals surface area (Å²) < 4.78 is 2.33. The second-order valence-electron chi connectivity index (χ2n) is 12.3. The first kappa shape index (κ1) is 25.9. The van der Waals surface area contributed by atoms with Crippen LogP contribution in [0.25, 0.3) is 0 Å². The van der Waals surface area contributed by atoms with Gasteiger partial charge in [0.05, 0.1) is 16.4 Å². The van der Waals surface area contributed by atoms with E-state index in [1.54, 1.807) is 0 Å². The molecular weight excluding hydrogens is 374 g/mol. The third kappa shape index (κ3) is 6.41. The van der Waals surface area contributed by atoms with Gasteiger partial charge in [0.25, 0.3) is 0 Å². The number of thiazole rings is 1. The van der Waals surface area contributed by atoms with Gasteiger partial charge < -0.3 is 4.57 Å². The van der Waals surface area contributed by atoms with Crippen molar-refractivity contribution in [1.82, 2.24) is 14.5 Å². The Kier molecular flexibility index (Phi) is 7.29. The Balaban J connectivity index is 0.000000291. The molecule has 166 valence electrons. The molecule has 0 aromatic carbocycles. The van der Waals surface area contributed by atoms with Gasteiger partial charge in [-0.3, -0.25) is 0 Å². The van der Waals surface area contributed by atoms with Crippen molar-refractivity contribution >= 4 is 11.3 Å². The summed E-state index contributed by atoms with van der Waals surface area (Å²) in [4.78, 5) is 10.8. The van der Waals surface area contributed by atoms with Gasteiger partial charge in [0.1, 0.15) is 5.82 Å². The number of aromatic nitrogens is 3. The summed E-state index contributed by atoms with van der Waals surface area (Å²) in [6.07, 6.45) is 0. The third-order valence-electron chi connectivity index (χ3n) is 4.78. The monoisotopic (exact) mass is 419 g/mol. The maximum Gasteiger partial charge on any atom is 0.106 e. The van der Waals surface area contributed by atoms with Crippen LogP contribution in [-0.4, -0.2) is 14.5 Å². The van der Waals surface area contributed by atoms with E-state index in [1.165, 1.54) is 27.0 Å². The zero-order chi connectivity index (χ0) is 23.2. The fourth-order valence-electron chi connectivity index (χ4n) is 3.75. The minimum atomic E-state index is 0.116. The van der Waals surface area contributed by atoms with E-state index in [9.17, 15) is 0 Å². The zero-order valence-corrected chi connectivity index (χ0v) is 22.6. The first-order valence-corrected chi connectivity index (χ1v) is 11.5. The summed E-state index contributed by atoms with van der Waals surface area (Å²) in [6.45, 7) is 33.1. The van der Waals surface area contributed by atoms with Crippen LogP contribution in [0.1, 0.15) is 116 Å². The van der Waals surface area contributed by atoms with E-state index >= 15 is 0 Å². The van der Waals surface area contributed by atoms with Gasteiger partial charge >= 0.3 is 0 Å². The minimum absolute atomic E-state index is 0.116. The first-order chi connectivity index (χ1) is 12.7. The molecule has 0 aliphatic heterocycles. The van der Waals surface area contributed by atoms with Crippen LogP contribution >= 0.6 is 11.3 Å². The highest BCUT2D eigenvalue weighted by atomic mass is 32.1. The van der Waals surface area contributed by atoms with E-state index in [0.717, 1.165) is 5.82 Å². The molecule has 0 N–H and O–H groups in total. The van der Waals surface area contributed by atoms with E-state index < -0.39 is 0 Å². The number of hydrogen-bond donors (Lipinski definition) is 0. The fourth-order valence-corrected chi connectivity index (χ4v) is 4.93. The molecule has 0 saturated heterocycles. The van der Waals surface area contributed by atoms with Gasteiger partial charge in [0.15, 0.2) is 0 Å². The molecular formula is C25H45N3S. The lowest BCUT2D eigenvalue weighted by Crippen LogP contribution is -2.25. The minimum Gasteiger partial charge on any atom is -0.327 e. The SMILES string of the molecule is Cc1nc(C(C)(C)C)c(C)n1C(C)(C)C.Cc1nc(C(C)(C)C)sc1C(C)(C)C. The normalized spacial score (nSPS) is 13.3. The molecule has 29 heavy (non-hydrogen) atoms. The largest absolute Gasteiger partial charge is 0.327 e. The molecule has 0 amide bonds. The molecule has 0 unspecified atom stereocenters. The van der Waals surface area contributed by atoms with E-state index in [0.29, 0.717) is 0 Å². The highest BCUT2D eigenvalue weighted by Gasteiger charge is 2.27. The van der Waals surface area contributed by atoms with Crippen molar-refractivity contribution < 1.29 is 0 Å². The Morgan fingerprint density at radius 1 is 0.655 bits per heavy atom. The Labute approximate surface area is 184 Å². The van der Waals surface area contributed by atoms with Crippen LogP contribution in [0, 0.1) is 20.8 Å². The van der Waals surface area contributed by atoms with Gasteiger partial charge in [0, 0.05) is 26.9 Å². The average molecular weight is 420 g/mol. The van der Waals surface area contributed by atoms with E-state index in [1.807, 2.05) is 11.3 Å². The van der Waals surface area contributed by atoms with Gasteiger partial charge in [-0.05, 0) is 47.0 Å². The molecule has 4 heteroatoms. The van der Waals surface area contributed by atoms with Gasteiger partial charge in [-0.25, -0.2) is 9.97 Å². The topological polar surface area (TPSA) is 30.7 Å². The maximum atomic E-state index is 4.71. The number of imidazole rings is 1. The molecule has 2 rings (SSSR count). The van der Waals surface area contributed by atoms with Crippen LogP contribution in [0.4, 0.5) is 0 Å². The van der Waals surface area contributed by atoms with Gasteiger partial charge in [-0.15, -0.1) is 11.3 Å². The lowest BCUT2D eigenvalue weighted by molar-refractivity contribution is 0.379. The fraction of sp³-hybridized carbons (Fsp3) is 0.760. The zero-order valence-electron chi connectivity index (χ0n) is 21.7. The van der Waals surface area contributed by atoms with E-state index in [-0.39, 0.29) is 21.8 Å². The van der Waals surface area contributed by atoms with Crippen molar-refractivity contribution in [3.63, 3.8) is 0 Å². The van der Waals surface area contributed by atoms with Crippen LogP contribution in [0.2, 0.25) is 0 Å². The predicted molar refractivity (Wildman–Crippen MR) is 130 cm³/mol. The van der Waals surface area contributed by atoms with E-state index in [4.69, 9.17) is 4.98 Å². The molecule has 0 bridgehead atoms. The predicted octanol–water partition coefficient (Wildman–Crippen LogP) is 7.60. The summed E-state index contributed by atoms with van der Waals surface area (Å²) in [5, 5.41) is 1.25. The molecule has 0 fully saturated rings. The van der Waals surface area contributed by atoms with E-state index in [2.05, 4.69) is 113 Å². The Bertz CT molecular complexity index is 826. The van der Waals surface area contributed by atoms with Gasteiger partial charge in [-0.1, -0.05) is 62.3 Å². The summed E-state index contributed by atoms with van der Waals surface area (Å²) in [7, 11) is 0. The quantitative estimate of drug-likeness (QED) is 0.440. The van der Waals surface area contributed by atoms with Crippen molar-refractivity contribution in [1.29, 1.82) is 0 Å². The van der Waals surface area contributed by atoms with Crippen molar-refractivity contribution in [2.45, 2.75) is 126 Å². The van der Waals surface area contributed by atoms with Crippen LogP contribution < -0.4 is 0 Å². The second kappa shape index (κ2) is 8.17. The Morgan fingerprint density at radius 3 is 1.34 bits per heavy atom. The molecule has 0 atom stereocenters. The molecule has 2 aromatic heterocycles. The van der Waals surface area contributed by atoms with Crippen molar-refractivity contribution in [2.24, 2.45) is 0 Å². The standard InChI is InChI=1S/C13H24N2.C12H21NS/c1-9-11(12(3,4)5)14-10(2)15(9)13(6,7)8;1-8-9(11(2,3)4)14-10(13-8)12(5,6)7/h1-8H3;1-7H3. The highest BCUT2D eigenvalue weighted by Crippen LogP contribution is 2.36. The summed E-state index contributed by atoms with van der Waals surface area (Å²) in [5.74, 6) is 1.12. The van der Waals surface area contributed by atoms with Crippen LogP contribution in [0.5, 0.6) is 0 Å². The van der Waals surface area contributed by atoms with Gasteiger partial charge in [0.2, 0.25) is 0 Å². The summed E-state index contributed by atoms with van der Waals surface area (Å²) in [5.41, 5.74) is 4.37. The van der Waals surface area contributed by atoms with Crippen molar-refractivity contribution in [3.8, 4) is 0 Å². The Hall–Kier alpha value is -1.16. The maximum absolute atomic E-state index is 4.71. The highest BCUT2D eigenvalue weighted by molar-refractivity contribution is 7.12. The summed E-state index contributed by atoms with van der Waals surface area (Å²) in [6, 6.07) is 0. The smallest absolute Gasteiger partial charge is 0.106 e. The molecule has 3 nitrogen and oxygen atoms in total. The molecule has 2 aromatic rings. The summed E-state index contributed by atoms with van der Waals surface area (Å²) >= 11 is 1.86. The van der Waals surface area contributed by atoms with Crippen molar-refractivity contribution in [2.75, 3.05) is 0 Å². The molecule has 0 saturated carbocycles.